The molecule has 120 valence electrons. The Labute approximate surface area is 130 Å². The van der Waals surface area contributed by atoms with E-state index in [0.29, 0.717) is 6.04 Å². The second kappa shape index (κ2) is 9.80. The number of hydrogen-bond acceptors (Lipinski definition) is 3. The Morgan fingerprint density at radius 2 is 2.05 bits per heavy atom. The maximum absolute atomic E-state index is 5.55. The summed E-state index contributed by atoms with van der Waals surface area (Å²) in [7, 11) is 3.74. The van der Waals surface area contributed by atoms with Crippen molar-refractivity contribution in [2.45, 2.75) is 59.2 Å². The van der Waals surface area contributed by atoms with Gasteiger partial charge in [-0.15, -0.1) is 0 Å². The minimum absolute atomic E-state index is 0.606. The quantitative estimate of drug-likeness (QED) is 0.709. The van der Waals surface area contributed by atoms with Crippen molar-refractivity contribution in [1.82, 2.24) is 10.2 Å². The molecule has 3 nitrogen and oxygen atoms in total. The van der Waals surface area contributed by atoms with Crippen molar-refractivity contribution in [2.24, 2.45) is 0 Å². The van der Waals surface area contributed by atoms with Gasteiger partial charge in [-0.1, -0.05) is 26.3 Å². The molecule has 0 fully saturated rings. The molecule has 1 aromatic carbocycles. The molecule has 0 saturated carbocycles. The van der Waals surface area contributed by atoms with Crippen LogP contribution < -0.4 is 10.1 Å². The SMILES string of the molecule is CCCCN(Cc1cc(CNC)ccc1OC)C(C)CC. The van der Waals surface area contributed by atoms with Crippen molar-refractivity contribution < 1.29 is 4.74 Å². The van der Waals surface area contributed by atoms with Gasteiger partial charge in [0.1, 0.15) is 5.75 Å². The maximum atomic E-state index is 5.55. The van der Waals surface area contributed by atoms with Crippen molar-refractivity contribution in [3.8, 4) is 5.75 Å². The van der Waals surface area contributed by atoms with Crippen molar-refractivity contribution in [3.63, 3.8) is 0 Å². The van der Waals surface area contributed by atoms with Crippen LogP contribution in [-0.2, 0) is 13.1 Å². The smallest absolute Gasteiger partial charge is 0.123 e. The van der Waals surface area contributed by atoms with Crippen LogP contribution in [0.25, 0.3) is 0 Å². The Morgan fingerprint density at radius 3 is 2.62 bits per heavy atom. The summed E-state index contributed by atoms with van der Waals surface area (Å²) in [5.74, 6) is 1.000. The first-order valence-corrected chi connectivity index (χ1v) is 8.20. The second-order valence-corrected chi connectivity index (χ2v) is 5.76. The number of unbranched alkanes of at least 4 members (excludes halogenated alkanes) is 1. The van der Waals surface area contributed by atoms with E-state index in [9.17, 15) is 0 Å². The minimum Gasteiger partial charge on any atom is -0.496 e. The van der Waals surface area contributed by atoms with Crippen LogP contribution in [0.5, 0.6) is 5.75 Å². The van der Waals surface area contributed by atoms with E-state index >= 15 is 0 Å². The van der Waals surface area contributed by atoms with Gasteiger partial charge in [-0.25, -0.2) is 0 Å². The summed E-state index contributed by atoms with van der Waals surface area (Å²) in [5, 5.41) is 3.22. The van der Waals surface area contributed by atoms with Gasteiger partial charge in [0.15, 0.2) is 0 Å². The van der Waals surface area contributed by atoms with Gasteiger partial charge >= 0.3 is 0 Å². The fourth-order valence-electron chi connectivity index (χ4n) is 2.56. The summed E-state index contributed by atoms with van der Waals surface area (Å²) in [6.45, 7) is 9.86. The first kappa shape index (κ1) is 18.0. The van der Waals surface area contributed by atoms with Crippen LogP contribution in [0.1, 0.15) is 51.2 Å². The number of nitrogens with one attached hydrogen (secondary N) is 1. The standard InChI is InChI=1S/C18H32N2O/c1-6-8-11-20(15(3)7-2)14-17-12-16(13-19-4)9-10-18(17)21-5/h9-10,12,15,19H,6-8,11,13-14H2,1-5H3. The van der Waals surface area contributed by atoms with Crippen LogP contribution in [0.4, 0.5) is 0 Å². The van der Waals surface area contributed by atoms with Crippen molar-refractivity contribution in [1.29, 1.82) is 0 Å². The van der Waals surface area contributed by atoms with Gasteiger partial charge in [0.25, 0.3) is 0 Å². The topological polar surface area (TPSA) is 24.5 Å². The first-order chi connectivity index (χ1) is 10.2. The van der Waals surface area contributed by atoms with E-state index in [1.807, 2.05) is 7.05 Å². The fourth-order valence-corrected chi connectivity index (χ4v) is 2.56. The first-order valence-electron chi connectivity index (χ1n) is 8.20. The zero-order valence-electron chi connectivity index (χ0n) is 14.4. The molecule has 1 rings (SSSR count). The predicted molar refractivity (Wildman–Crippen MR) is 90.8 cm³/mol. The molecular weight excluding hydrogens is 260 g/mol. The highest BCUT2D eigenvalue weighted by molar-refractivity contribution is 5.37. The van der Waals surface area contributed by atoms with Gasteiger partial charge in [-0.3, -0.25) is 4.90 Å². The van der Waals surface area contributed by atoms with Gasteiger partial charge in [-0.05, 0) is 51.1 Å². The van der Waals surface area contributed by atoms with E-state index in [4.69, 9.17) is 4.74 Å². The summed E-state index contributed by atoms with van der Waals surface area (Å²) in [5.41, 5.74) is 2.61. The van der Waals surface area contributed by atoms with Gasteiger partial charge in [0.2, 0.25) is 0 Å². The zero-order chi connectivity index (χ0) is 15.7. The van der Waals surface area contributed by atoms with Crippen molar-refractivity contribution in [3.05, 3.63) is 29.3 Å². The highest BCUT2D eigenvalue weighted by atomic mass is 16.5. The molecule has 0 aliphatic carbocycles. The zero-order valence-corrected chi connectivity index (χ0v) is 14.4. The number of ether oxygens (including phenoxy) is 1. The molecule has 0 saturated heterocycles. The Hall–Kier alpha value is -1.06. The number of benzene rings is 1. The van der Waals surface area contributed by atoms with Gasteiger partial charge < -0.3 is 10.1 Å². The molecule has 0 bridgehead atoms. The third-order valence-corrected chi connectivity index (χ3v) is 4.11. The molecule has 21 heavy (non-hydrogen) atoms. The molecule has 0 spiro atoms. The number of rotatable bonds is 10. The molecule has 1 N–H and O–H groups in total. The third kappa shape index (κ3) is 5.68. The van der Waals surface area contributed by atoms with E-state index in [1.165, 1.54) is 30.4 Å². The average molecular weight is 292 g/mol. The number of nitrogens with zero attached hydrogens (tertiary/aromatic N) is 1. The summed E-state index contributed by atoms with van der Waals surface area (Å²) in [6.07, 6.45) is 3.68. The molecule has 0 heterocycles. The highest BCUT2D eigenvalue weighted by Crippen LogP contribution is 2.23. The lowest BCUT2D eigenvalue weighted by Crippen LogP contribution is -2.33. The lowest BCUT2D eigenvalue weighted by atomic mass is 10.1. The van der Waals surface area contributed by atoms with Crippen LogP contribution in [-0.4, -0.2) is 31.6 Å². The Kier molecular flexibility index (Phi) is 8.40. The molecule has 0 aromatic heterocycles. The summed E-state index contributed by atoms with van der Waals surface area (Å²) in [4.78, 5) is 2.57. The highest BCUT2D eigenvalue weighted by Gasteiger charge is 2.15. The molecule has 0 aliphatic rings. The Morgan fingerprint density at radius 1 is 1.29 bits per heavy atom. The lowest BCUT2D eigenvalue weighted by molar-refractivity contribution is 0.190. The van der Waals surface area contributed by atoms with Gasteiger partial charge in [-0.2, -0.15) is 0 Å². The normalized spacial score (nSPS) is 12.7. The molecule has 3 heteroatoms. The van der Waals surface area contributed by atoms with E-state index < -0.39 is 0 Å². The van der Waals surface area contributed by atoms with Crippen LogP contribution in [0, 0.1) is 0 Å². The maximum Gasteiger partial charge on any atom is 0.123 e. The summed E-state index contributed by atoms with van der Waals surface area (Å²) in [6, 6.07) is 7.11. The van der Waals surface area contributed by atoms with E-state index in [2.05, 4.69) is 49.2 Å². The molecule has 1 unspecified atom stereocenters. The monoisotopic (exact) mass is 292 g/mol. The molecule has 1 aromatic rings. The summed E-state index contributed by atoms with van der Waals surface area (Å²) >= 11 is 0. The summed E-state index contributed by atoms with van der Waals surface area (Å²) < 4.78 is 5.55. The van der Waals surface area contributed by atoms with Crippen LogP contribution in [0.3, 0.4) is 0 Å². The molecule has 0 amide bonds. The fraction of sp³-hybridized carbons (Fsp3) is 0.667. The minimum atomic E-state index is 0.606. The molecule has 0 radical (unpaired) electrons. The average Bonchev–Trinajstić information content (AvgIpc) is 2.51. The molecule has 0 aliphatic heterocycles. The van der Waals surface area contributed by atoms with Crippen LogP contribution in [0.2, 0.25) is 0 Å². The largest absolute Gasteiger partial charge is 0.496 e. The van der Waals surface area contributed by atoms with E-state index in [0.717, 1.165) is 25.4 Å². The number of methoxy groups -OCH3 is 1. The number of hydrogen-bond donors (Lipinski definition) is 1. The molecular formula is C18H32N2O. The Balaban J connectivity index is 2.91. The van der Waals surface area contributed by atoms with Gasteiger partial charge in [0.05, 0.1) is 7.11 Å². The van der Waals surface area contributed by atoms with E-state index in [-0.39, 0.29) is 0 Å². The lowest BCUT2D eigenvalue weighted by Gasteiger charge is -2.29. The van der Waals surface area contributed by atoms with Crippen molar-refractivity contribution >= 4 is 0 Å². The third-order valence-electron chi connectivity index (χ3n) is 4.11. The van der Waals surface area contributed by atoms with E-state index in [1.54, 1.807) is 7.11 Å². The Bertz CT molecular complexity index is 406. The molecule has 1 atom stereocenters. The predicted octanol–water partition coefficient (Wildman–Crippen LogP) is 3.82. The van der Waals surface area contributed by atoms with Gasteiger partial charge in [0, 0.05) is 24.7 Å². The van der Waals surface area contributed by atoms with Crippen LogP contribution >= 0.6 is 0 Å². The second-order valence-electron chi connectivity index (χ2n) is 5.76. The van der Waals surface area contributed by atoms with Crippen molar-refractivity contribution in [2.75, 3.05) is 20.7 Å². The van der Waals surface area contributed by atoms with Crippen LogP contribution in [0.15, 0.2) is 18.2 Å².